The average Bonchev–Trinajstić information content (AvgIpc) is 3.09. The molecule has 2 heterocycles. The largest absolute Gasteiger partial charge is 0.341 e. The number of hydrogen-bond donors (Lipinski definition) is 1. The van der Waals surface area contributed by atoms with Crippen LogP contribution in [0.15, 0.2) is 72.9 Å². The van der Waals surface area contributed by atoms with Gasteiger partial charge in [0.15, 0.2) is 0 Å². The van der Waals surface area contributed by atoms with Gasteiger partial charge in [0.2, 0.25) is 0 Å². The number of halogens is 2. The Kier molecular flexibility index (Phi) is 4.74. The molecule has 0 amide bonds. The number of nitrogens with one attached hydrogen (secondary N) is 1. The van der Waals surface area contributed by atoms with E-state index in [9.17, 15) is 0 Å². The molecule has 3 nitrogen and oxygen atoms in total. The number of rotatable bonds is 4. The molecule has 128 valence electrons. The first-order valence-electron chi connectivity index (χ1n) is 8.20. The number of pyridine rings is 1. The van der Waals surface area contributed by atoms with Crippen LogP contribution in [0.1, 0.15) is 11.5 Å². The second kappa shape index (κ2) is 7.32. The molecule has 0 fully saturated rings. The maximum absolute atomic E-state index is 6.43. The van der Waals surface area contributed by atoms with E-state index in [1.165, 1.54) is 0 Å². The summed E-state index contributed by atoms with van der Waals surface area (Å²) in [4.78, 5) is 12.6. The summed E-state index contributed by atoms with van der Waals surface area (Å²) in [5, 5.41) is 1.24. The first-order chi connectivity index (χ1) is 12.7. The van der Waals surface area contributed by atoms with E-state index in [2.05, 4.69) is 9.97 Å². The molecule has 0 radical (unpaired) electrons. The van der Waals surface area contributed by atoms with Gasteiger partial charge in [-0.3, -0.25) is 4.98 Å². The average molecular weight is 380 g/mol. The van der Waals surface area contributed by atoms with Crippen LogP contribution >= 0.6 is 23.2 Å². The highest BCUT2D eigenvalue weighted by Crippen LogP contribution is 2.36. The minimum Gasteiger partial charge on any atom is -0.341 e. The molecule has 0 saturated heterocycles. The van der Waals surface area contributed by atoms with Crippen molar-refractivity contribution in [2.75, 3.05) is 0 Å². The van der Waals surface area contributed by atoms with Gasteiger partial charge in [-0.05, 0) is 30.3 Å². The number of benzene rings is 2. The zero-order valence-electron chi connectivity index (χ0n) is 13.8. The first-order valence-corrected chi connectivity index (χ1v) is 8.96. The maximum atomic E-state index is 6.43. The Balaban J connectivity index is 1.84. The predicted octanol–water partition coefficient (Wildman–Crippen LogP) is 6.04. The van der Waals surface area contributed by atoms with Crippen molar-refractivity contribution < 1.29 is 0 Å². The smallest absolute Gasteiger partial charge is 0.113 e. The maximum Gasteiger partial charge on any atom is 0.113 e. The van der Waals surface area contributed by atoms with Crippen LogP contribution < -0.4 is 0 Å². The lowest BCUT2D eigenvalue weighted by Crippen LogP contribution is -1.93. The summed E-state index contributed by atoms with van der Waals surface area (Å²) < 4.78 is 0. The van der Waals surface area contributed by atoms with E-state index in [4.69, 9.17) is 28.2 Å². The van der Waals surface area contributed by atoms with E-state index in [0.717, 1.165) is 34.0 Å². The Hall–Kier alpha value is -2.62. The fourth-order valence-corrected chi connectivity index (χ4v) is 3.25. The quantitative estimate of drug-likeness (QED) is 0.469. The van der Waals surface area contributed by atoms with Crippen molar-refractivity contribution in [3.63, 3.8) is 0 Å². The Morgan fingerprint density at radius 2 is 1.69 bits per heavy atom. The summed E-state index contributed by atoms with van der Waals surface area (Å²) in [6.07, 6.45) is 2.39. The third-order valence-electron chi connectivity index (χ3n) is 4.07. The van der Waals surface area contributed by atoms with E-state index in [-0.39, 0.29) is 0 Å². The van der Waals surface area contributed by atoms with Crippen molar-refractivity contribution in [1.29, 1.82) is 0 Å². The van der Waals surface area contributed by atoms with Crippen LogP contribution in [0, 0.1) is 0 Å². The summed E-state index contributed by atoms with van der Waals surface area (Å²) in [7, 11) is 0. The molecule has 4 rings (SSSR count). The lowest BCUT2D eigenvalue weighted by Gasteiger charge is -2.05. The van der Waals surface area contributed by atoms with E-state index in [1.807, 2.05) is 54.6 Å². The van der Waals surface area contributed by atoms with Crippen LogP contribution in [0.3, 0.4) is 0 Å². The number of hydrogen-bond acceptors (Lipinski definition) is 2. The molecule has 0 unspecified atom stereocenters. The van der Waals surface area contributed by atoms with Crippen molar-refractivity contribution >= 4 is 23.2 Å². The third-order valence-corrected chi connectivity index (χ3v) is 4.64. The molecular formula is C21H15Cl2N3. The third kappa shape index (κ3) is 3.50. The molecule has 1 N–H and O–H groups in total. The van der Waals surface area contributed by atoms with Crippen molar-refractivity contribution in [1.82, 2.24) is 15.0 Å². The van der Waals surface area contributed by atoms with Crippen molar-refractivity contribution in [2.24, 2.45) is 0 Å². The second-order valence-electron chi connectivity index (χ2n) is 5.90. The number of aromatic amines is 1. The molecule has 0 aliphatic heterocycles. The molecule has 0 aliphatic carbocycles. The Morgan fingerprint density at radius 3 is 2.46 bits per heavy atom. The van der Waals surface area contributed by atoms with Gasteiger partial charge in [0.1, 0.15) is 5.82 Å². The van der Waals surface area contributed by atoms with E-state index in [0.29, 0.717) is 16.5 Å². The Bertz CT molecular complexity index is 1030. The van der Waals surface area contributed by atoms with Crippen molar-refractivity contribution in [3.05, 3.63) is 94.5 Å². The summed E-state index contributed by atoms with van der Waals surface area (Å²) in [6.45, 7) is 0. The van der Waals surface area contributed by atoms with Crippen LogP contribution in [0.4, 0.5) is 0 Å². The lowest BCUT2D eigenvalue weighted by atomic mass is 10.1. The van der Waals surface area contributed by atoms with Gasteiger partial charge in [-0.1, -0.05) is 59.6 Å². The van der Waals surface area contributed by atoms with Gasteiger partial charge >= 0.3 is 0 Å². The molecular weight excluding hydrogens is 365 g/mol. The van der Waals surface area contributed by atoms with Crippen LogP contribution in [0.25, 0.3) is 22.5 Å². The molecule has 2 aromatic heterocycles. The van der Waals surface area contributed by atoms with Crippen molar-refractivity contribution in [3.8, 4) is 22.5 Å². The molecule has 5 heteroatoms. The molecule has 26 heavy (non-hydrogen) atoms. The molecule has 0 aliphatic rings. The standard InChI is InChI=1S/C21H15Cl2N3/c22-15-9-10-18(23)17(12-15)21-20(14-6-2-1-3-7-14)25-19(26-21)13-16-8-4-5-11-24-16/h1-12H,13H2,(H,25,26). The fourth-order valence-electron chi connectivity index (χ4n) is 2.87. The molecule has 4 aromatic rings. The molecule has 2 aromatic carbocycles. The normalized spacial score (nSPS) is 10.8. The highest BCUT2D eigenvalue weighted by molar-refractivity contribution is 6.35. The topological polar surface area (TPSA) is 41.6 Å². The highest BCUT2D eigenvalue weighted by Gasteiger charge is 2.17. The van der Waals surface area contributed by atoms with Gasteiger partial charge in [0, 0.05) is 34.5 Å². The van der Waals surface area contributed by atoms with Crippen LogP contribution in [0.2, 0.25) is 10.0 Å². The number of H-pyrrole nitrogens is 1. The van der Waals surface area contributed by atoms with Gasteiger partial charge < -0.3 is 4.98 Å². The summed E-state index contributed by atoms with van der Waals surface area (Å²) in [5.74, 6) is 0.827. The molecule has 0 atom stereocenters. The predicted molar refractivity (Wildman–Crippen MR) is 107 cm³/mol. The highest BCUT2D eigenvalue weighted by atomic mass is 35.5. The second-order valence-corrected chi connectivity index (χ2v) is 6.74. The van der Waals surface area contributed by atoms with Crippen LogP contribution in [-0.2, 0) is 6.42 Å². The Labute approximate surface area is 161 Å². The molecule has 0 bridgehead atoms. The minimum atomic E-state index is 0.610. The van der Waals surface area contributed by atoms with Gasteiger partial charge in [-0.2, -0.15) is 0 Å². The van der Waals surface area contributed by atoms with Crippen LogP contribution in [0.5, 0.6) is 0 Å². The van der Waals surface area contributed by atoms with E-state index in [1.54, 1.807) is 18.3 Å². The molecule has 0 spiro atoms. The SMILES string of the molecule is Clc1ccc(Cl)c(-c2nc(Cc3ccccn3)[nH]c2-c2ccccc2)c1. The number of imidazole rings is 1. The van der Waals surface area contributed by atoms with E-state index < -0.39 is 0 Å². The van der Waals surface area contributed by atoms with Crippen molar-refractivity contribution in [2.45, 2.75) is 6.42 Å². The zero-order valence-corrected chi connectivity index (χ0v) is 15.3. The van der Waals surface area contributed by atoms with Crippen LogP contribution in [-0.4, -0.2) is 15.0 Å². The van der Waals surface area contributed by atoms with Gasteiger partial charge in [-0.15, -0.1) is 0 Å². The summed E-state index contributed by atoms with van der Waals surface area (Å²) >= 11 is 12.6. The minimum absolute atomic E-state index is 0.610. The Morgan fingerprint density at radius 1 is 0.885 bits per heavy atom. The first kappa shape index (κ1) is 16.8. The number of nitrogens with zero attached hydrogens (tertiary/aromatic N) is 2. The number of aromatic nitrogens is 3. The van der Waals surface area contributed by atoms with Gasteiger partial charge in [0.25, 0.3) is 0 Å². The zero-order chi connectivity index (χ0) is 17.9. The van der Waals surface area contributed by atoms with Gasteiger partial charge in [-0.25, -0.2) is 4.98 Å². The monoisotopic (exact) mass is 379 g/mol. The molecule has 0 saturated carbocycles. The summed E-state index contributed by atoms with van der Waals surface area (Å²) in [5.41, 5.74) is 4.50. The fraction of sp³-hybridized carbons (Fsp3) is 0.0476. The lowest BCUT2D eigenvalue weighted by molar-refractivity contribution is 0.978. The van der Waals surface area contributed by atoms with Gasteiger partial charge in [0.05, 0.1) is 16.4 Å². The van der Waals surface area contributed by atoms with E-state index >= 15 is 0 Å². The summed E-state index contributed by atoms with van der Waals surface area (Å²) in [6, 6.07) is 21.3.